The molecule has 2 nitrogen and oxygen atoms in total. The Hall–Kier alpha value is -0.920. The second-order valence-electron chi connectivity index (χ2n) is 3.37. The summed E-state index contributed by atoms with van der Waals surface area (Å²) in [6, 6.07) is 0. The molecule has 2 radical (unpaired) electrons. The third-order valence-electron chi connectivity index (χ3n) is 2.06. The van der Waals surface area contributed by atoms with Gasteiger partial charge in [0.2, 0.25) is 6.29 Å². The van der Waals surface area contributed by atoms with Crippen LogP contribution in [0.1, 0.15) is 45.4 Å². The Kier molecular flexibility index (Phi) is 9.49. The number of carbonyl (C=O) groups excluding carboxylic acids is 2. The lowest BCUT2D eigenvalue weighted by Gasteiger charge is -1.98. The molecule has 0 saturated carbocycles. The summed E-state index contributed by atoms with van der Waals surface area (Å²) in [5.74, 6) is -0.296. The average Bonchev–Trinajstić information content (AvgIpc) is 2.21. The first-order chi connectivity index (χ1) is 6.85. The van der Waals surface area contributed by atoms with Crippen molar-refractivity contribution in [1.82, 2.24) is 0 Å². The Bertz CT molecular complexity index is 173. The summed E-state index contributed by atoms with van der Waals surface area (Å²) in [5.41, 5.74) is 0. The van der Waals surface area contributed by atoms with Crippen molar-refractivity contribution >= 4 is 12.6 Å². The van der Waals surface area contributed by atoms with E-state index < -0.39 is 0 Å². The lowest BCUT2D eigenvalue weighted by atomic mass is 10.0. The largest absolute Gasteiger partial charge is 0.291 e. The van der Waals surface area contributed by atoms with Crippen LogP contribution in [-0.2, 0) is 9.59 Å². The van der Waals surface area contributed by atoms with Gasteiger partial charge >= 0.3 is 0 Å². The van der Waals surface area contributed by atoms with Crippen LogP contribution < -0.4 is 0 Å². The zero-order valence-electron chi connectivity index (χ0n) is 8.79. The molecule has 0 N–H and O–H groups in total. The van der Waals surface area contributed by atoms with E-state index in [0.29, 0.717) is 6.42 Å². The standard InChI is InChI=1S/C12H18O2/c1-2-3-4-5-6-7-8-12(11-14)9-10-13/h6-7,12H,2-5,8-9H2,1H3. The second kappa shape index (κ2) is 10.2. The van der Waals surface area contributed by atoms with Crippen molar-refractivity contribution in [2.24, 2.45) is 5.92 Å². The molecule has 1 atom stereocenters. The van der Waals surface area contributed by atoms with E-state index in [9.17, 15) is 9.59 Å². The first-order valence-electron chi connectivity index (χ1n) is 5.22. The molecule has 0 aliphatic carbocycles. The van der Waals surface area contributed by atoms with Crippen molar-refractivity contribution in [3.05, 3.63) is 12.2 Å². The van der Waals surface area contributed by atoms with E-state index in [-0.39, 0.29) is 12.3 Å². The fourth-order valence-corrected chi connectivity index (χ4v) is 1.16. The first-order valence-corrected chi connectivity index (χ1v) is 5.22. The molecule has 0 aromatic rings. The smallest absolute Gasteiger partial charge is 0.202 e. The number of hydrogen-bond donors (Lipinski definition) is 0. The van der Waals surface area contributed by atoms with Crippen molar-refractivity contribution in [3.8, 4) is 0 Å². The minimum atomic E-state index is -0.296. The van der Waals surface area contributed by atoms with Gasteiger partial charge in [-0.05, 0) is 19.3 Å². The van der Waals surface area contributed by atoms with Crippen molar-refractivity contribution < 1.29 is 9.59 Å². The van der Waals surface area contributed by atoms with E-state index in [1.807, 2.05) is 12.4 Å². The second-order valence-corrected chi connectivity index (χ2v) is 3.37. The van der Waals surface area contributed by atoms with Crippen LogP contribution in [0.25, 0.3) is 0 Å². The minimum absolute atomic E-state index is 0.169. The normalized spacial score (nSPS) is 12.9. The topological polar surface area (TPSA) is 34.1 Å². The molecular weight excluding hydrogens is 176 g/mol. The Morgan fingerprint density at radius 2 is 2.00 bits per heavy atom. The summed E-state index contributed by atoms with van der Waals surface area (Å²) in [4.78, 5) is 20.3. The predicted octanol–water partition coefficient (Wildman–Crippen LogP) is 2.74. The summed E-state index contributed by atoms with van der Waals surface area (Å²) in [6.07, 6.45) is 13.1. The molecule has 0 heterocycles. The van der Waals surface area contributed by atoms with Gasteiger partial charge in [-0.3, -0.25) is 9.59 Å². The zero-order valence-corrected chi connectivity index (χ0v) is 8.79. The van der Waals surface area contributed by atoms with Crippen molar-refractivity contribution in [2.75, 3.05) is 0 Å². The van der Waals surface area contributed by atoms with E-state index >= 15 is 0 Å². The SMILES string of the molecule is CCCCCC=CCC([C]=O)C[C]=O. The molecule has 0 fully saturated rings. The van der Waals surface area contributed by atoms with Crippen LogP contribution >= 0.6 is 0 Å². The van der Waals surface area contributed by atoms with Crippen molar-refractivity contribution in [3.63, 3.8) is 0 Å². The molecular formula is C12H18O2. The number of hydrogen-bond acceptors (Lipinski definition) is 2. The highest BCUT2D eigenvalue weighted by molar-refractivity contribution is 5.62. The summed E-state index contributed by atoms with van der Waals surface area (Å²) >= 11 is 0. The van der Waals surface area contributed by atoms with E-state index in [0.717, 1.165) is 6.42 Å². The van der Waals surface area contributed by atoms with Gasteiger partial charge in [-0.25, -0.2) is 0 Å². The predicted molar refractivity (Wildman–Crippen MR) is 57.4 cm³/mol. The monoisotopic (exact) mass is 194 g/mol. The molecule has 0 rings (SSSR count). The summed E-state index contributed by atoms with van der Waals surface area (Å²) < 4.78 is 0. The lowest BCUT2D eigenvalue weighted by molar-refractivity contribution is 0.509. The van der Waals surface area contributed by atoms with E-state index in [1.54, 1.807) is 6.29 Å². The van der Waals surface area contributed by atoms with Crippen LogP contribution in [0, 0.1) is 5.92 Å². The molecule has 0 spiro atoms. The van der Waals surface area contributed by atoms with E-state index in [4.69, 9.17) is 0 Å². The van der Waals surface area contributed by atoms with Gasteiger partial charge in [-0.2, -0.15) is 0 Å². The number of rotatable bonds is 9. The Morgan fingerprint density at radius 1 is 1.21 bits per heavy atom. The lowest BCUT2D eigenvalue weighted by Crippen LogP contribution is -2.00. The van der Waals surface area contributed by atoms with E-state index in [1.165, 1.54) is 19.3 Å². The molecule has 0 aliphatic rings. The third-order valence-corrected chi connectivity index (χ3v) is 2.06. The third kappa shape index (κ3) is 7.71. The average molecular weight is 194 g/mol. The van der Waals surface area contributed by atoms with Gasteiger partial charge < -0.3 is 0 Å². The maximum absolute atomic E-state index is 10.3. The molecule has 1 unspecified atom stereocenters. The highest BCUT2D eigenvalue weighted by Gasteiger charge is 2.04. The van der Waals surface area contributed by atoms with Crippen molar-refractivity contribution in [1.29, 1.82) is 0 Å². The van der Waals surface area contributed by atoms with E-state index in [2.05, 4.69) is 13.0 Å². The first kappa shape index (κ1) is 13.1. The van der Waals surface area contributed by atoms with Gasteiger partial charge in [0.1, 0.15) is 0 Å². The Morgan fingerprint density at radius 3 is 2.57 bits per heavy atom. The summed E-state index contributed by atoms with van der Waals surface area (Å²) in [5, 5.41) is 0. The molecule has 0 saturated heterocycles. The van der Waals surface area contributed by atoms with Gasteiger partial charge in [-0.1, -0.05) is 31.9 Å². The van der Waals surface area contributed by atoms with Crippen molar-refractivity contribution in [2.45, 2.75) is 45.4 Å². The zero-order chi connectivity index (χ0) is 10.6. The van der Waals surface area contributed by atoms with Gasteiger partial charge in [0.15, 0.2) is 6.29 Å². The van der Waals surface area contributed by atoms with Crippen LogP contribution in [0.15, 0.2) is 12.2 Å². The van der Waals surface area contributed by atoms with Crippen LogP contribution in [0.2, 0.25) is 0 Å². The molecule has 78 valence electrons. The maximum atomic E-state index is 10.3. The van der Waals surface area contributed by atoms with Crippen LogP contribution in [0.4, 0.5) is 0 Å². The summed E-state index contributed by atoms with van der Waals surface area (Å²) in [6.45, 7) is 2.17. The van der Waals surface area contributed by atoms with Crippen LogP contribution in [-0.4, -0.2) is 12.6 Å². The Balaban J connectivity index is 3.47. The molecule has 0 aliphatic heterocycles. The maximum Gasteiger partial charge on any atom is 0.202 e. The van der Waals surface area contributed by atoms with Crippen LogP contribution in [0.3, 0.4) is 0 Å². The fourth-order valence-electron chi connectivity index (χ4n) is 1.16. The number of allylic oxidation sites excluding steroid dienone is 2. The molecule has 2 heteroatoms. The molecule has 0 aromatic heterocycles. The van der Waals surface area contributed by atoms with Gasteiger partial charge in [0.25, 0.3) is 0 Å². The molecule has 0 bridgehead atoms. The highest BCUT2D eigenvalue weighted by Crippen LogP contribution is 2.06. The fraction of sp³-hybridized carbons (Fsp3) is 0.667. The number of unbranched alkanes of at least 4 members (excludes halogenated alkanes) is 3. The molecule has 14 heavy (non-hydrogen) atoms. The minimum Gasteiger partial charge on any atom is -0.291 e. The van der Waals surface area contributed by atoms with Gasteiger partial charge in [-0.15, -0.1) is 0 Å². The molecule has 0 aromatic carbocycles. The molecule has 0 amide bonds. The van der Waals surface area contributed by atoms with Gasteiger partial charge in [0.05, 0.1) is 0 Å². The highest BCUT2D eigenvalue weighted by atomic mass is 16.1. The van der Waals surface area contributed by atoms with Gasteiger partial charge in [0, 0.05) is 12.3 Å². The summed E-state index contributed by atoms with van der Waals surface area (Å²) in [7, 11) is 0. The quantitative estimate of drug-likeness (QED) is 0.418. The van der Waals surface area contributed by atoms with Crippen LogP contribution in [0.5, 0.6) is 0 Å². The Labute approximate surface area is 86.4 Å².